The first-order valence-electron chi connectivity index (χ1n) is 7.97. The summed E-state index contributed by atoms with van der Waals surface area (Å²) in [6.07, 6.45) is 4.67. The SMILES string of the molecule is C=CCCC(C)NC(CNC(=O)OC(C)(C)C)CC(C)C. The van der Waals surface area contributed by atoms with E-state index in [9.17, 15) is 4.79 Å². The van der Waals surface area contributed by atoms with Gasteiger partial charge in [-0.15, -0.1) is 6.58 Å². The molecule has 4 nitrogen and oxygen atoms in total. The molecule has 2 N–H and O–H groups in total. The highest BCUT2D eigenvalue weighted by Crippen LogP contribution is 2.09. The van der Waals surface area contributed by atoms with Crippen LogP contribution >= 0.6 is 0 Å². The molecule has 0 aliphatic heterocycles. The highest BCUT2D eigenvalue weighted by molar-refractivity contribution is 5.67. The zero-order chi connectivity index (χ0) is 16.5. The Bertz CT molecular complexity index is 308. The molecule has 0 saturated heterocycles. The van der Waals surface area contributed by atoms with Gasteiger partial charge in [0.2, 0.25) is 0 Å². The van der Waals surface area contributed by atoms with Crippen molar-refractivity contribution >= 4 is 6.09 Å². The molecule has 0 aliphatic rings. The molecule has 0 spiro atoms. The van der Waals surface area contributed by atoms with Gasteiger partial charge in [0.25, 0.3) is 0 Å². The van der Waals surface area contributed by atoms with Gasteiger partial charge in [-0.05, 0) is 52.9 Å². The van der Waals surface area contributed by atoms with Gasteiger partial charge in [0, 0.05) is 18.6 Å². The molecule has 0 saturated carbocycles. The van der Waals surface area contributed by atoms with Crippen LogP contribution < -0.4 is 10.6 Å². The van der Waals surface area contributed by atoms with E-state index in [2.05, 4.69) is 38.0 Å². The lowest BCUT2D eigenvalue weighted by Gasteiger charge is -2.26. The average molecular weight is 298 g/mol. The molecule has 0 bridgehead atoms. The molecule has 2 atom stereocenters. The molecule has 21 heavy (non-hydrogen) atoms. The number of carbonyl (C=O) groups is 1. The maximum atomic E-state index is 11.7. The predicted molar refractivity (Wildman–Crippen MR) is 89.5 cm³/mol. The summed E-state index contributed by atoms with van der Waals surface area (Å²) in [6, 6.07) is 0.671. The minimum Gasteiger partial charge on any atom is -0.444 e. The smallest absolute Gasteiger partial charge is 0.407 e. The number of alkyl carbamates (subject to hydrolysis) is 1. The molecule has 0 radical (unpaired) electrons. The van der Waals surface area contributed by atoms with Crippen molar-refractivity contribution in [3.8, 4) is 0 Å². The fourth-order valence-corrected chi connectivity index (χ4v) is 2.15. The largest absolute Gasteiger partial charge is 0.444 e. The Morgan fingerprint density at radius 1 is 1.29 bits per heavy atom. The van der Waals surface area contributed by atoms with Crippen molar-refractivity contribution in [1.82, 2.24) is 10.6 Å². The fourth-order valence-electron chi connectivity index (χ4n) is 2.15. The van der Waals surface area contributed by atoms with Crippen molar-refractivity contribution in [3.63, 3.8) is 0 Å². The normalized spacial score (nSPS) is 14.6. The van der Waals surface area contributed by atoms with Gasteiger partial charge in [0.15, 0.2) is 0 Å². The van der Waals surface area contributed by atoms with Crippen LogP contribution in [-0.2, 0) is 4.74 Å². The lowest BCUT2D eigenvalue weighted by atomic mass is 10.0. The summed E-state index contributed by atoms with van der Waals surface area (Å²) in [7, 11) is 0. The molecular formula is C17H34N2O2. The van der Waals surface area contributed by atoms with E-state index in [1.54, 1.807) is 0 Å². The molecule has 4 heteroatoms. The molecular weight excluding hydrogens is 264 g/mol. The first-order chi connectivity index (χ1) is 9.64. The monoisotopic (exact) mass is 298 g/mol. The van der Waals surface area contributed by atoms with Crippen molar-refractivity contribution in [3.05, 3.63) is 12.7 Å². The second-order valence-corrected chi connectivity index (χ2v) is 7.14. The van der Waals surface area contributed by atoms with Gasteiger partial charge in [0.1, 0.15) is 5.60 Å². The molecule has 0 rings (SSSR count). The van der Waals surface area contributed by atoms with Crippen LogP contribution in [0.3, 0.4) is 0 Å². The molecule has 1 amide bonds. The van der Waals surface area contributed by atoms with Gasteiger partial charge in [-0.1, -0.05) is 19.9 Å². The van der Waals surface area contributed by atoms with E-state index in [0.29, 0.717) is 18.5 Å². The summed E-state index contributed by atoms with van der Waals surface area (Å²) in [5.74, 6) is 0.578. The average Bonchev–Trinajstić information content (AvgIpc) is 2.30. The van der Waals surface area contributed by atoms with Crippen molar-refractivity contribution < 1.29 is 9.53 Å². The van der Waals surface area contributed by atoms with Crippen LogP contribution in [0, 0.1) is 5.92 Å². The van der Waals surface area contributed by atoms with Gasteiger partial charge in [-0.2, -0.15) is 0 Å². The quantitative estimate of drug-likeness (QED) is 0.635. The van der Waals surface area contributed by atoms with Crippen molar-refractivity contribution in [1.29, 1.82) is 0 Å². The number of amides is 1. The molecule has 0 heterocycles. The maximum Gasteiger partial charge on any atom is 0.407 e. The fraction of sp³-hybridized carbons (Fsp3) is 0.824. The highest BCUT2D eigenvalue weighted by Gasteiger charge is 2.18. The predicted octanol–water partition coefficient (Wildman–Crippen LogP) is 3.87. The summed E-state index contributed by atoms with van der Waals surface area (Å²) < 4.78 is 5.27. The van der Waals surface area contributed by atoms with Crippen LogP contribution in [0.25, 0.3) is 0 Å². The van der Waals surface area contributed by atoms with Gasteiger partial charge >= 0.3 is 6.09 Å². The standard InChI is InChI=1S/C17H34N2O2/c1-8-9-10-14(4)19-15(11-13(2)3)12-18-16(20)21-17(5,6)7/h8,13-15,19H,1,9-12H2,2-7H3,(H,18,20). The Morgan fingerprint density at radius 2 is 1.90 bits per heavy atom. The molecule has 0 aliphatic carbocycles. The Hall–Kier alpha value is -1.03. The van der Waals surface area contributed by atoms with Crippen molar-refractivity contribution in [2.45, 2.75) is 78.5 Å². The zero-order valence-electron chi connectivity index (χ0n) is 14.7. The molecule has 0 aromatic carbocycles. The maximum absolute atomic E-state index is 11.7. The number of rotatable bonds is 9. The third kappa shape index (κ3) is 12.4. The molecule has 0 fully saturated rings. The van der Waals surface area contributed by atoms with Crippen LogP contribution in [0.15, 0.2) is 12.7 Å². The lowest BCUT2D eigenvalue weighted by molar-refractivity contribution is 0.0520. The van der Waals surface area contributed by atoms with E-state index in [-0.39, 0.29) is 12.1 Å². The Morgan fingerprint density at radius 3 is 2.38 bits per heavy atom. The number of nitrogens with one attached hydrogen (secondary N) is 2. The van der Waals surface area contributed by atoms with Crippen LogP contribution in [0.5, 0.6) is 0 Å². The van der Waals surface area contributed by atoms with E-state index in [1.807, 2.05) is 26.8 Å². The Balaban J connectivity index is 4.29. The topological polar surface area (TPSA) is 50.4 Å². The van der Waals surface area contributed by atoms with Gasteiger partial charge in [-0.3, -0.25) is 0 Å². The van der Waals surface area contributed by atoms with Crippen LogP contribution in [0.2, 0.25) is 0 Å². The Labute approximate surface area is 130 Å². The Kier molecular flexibility index (Phi) is 9.34. The minimum absolute atomic E-state index is 0.261. The number of hydrogen-bond donors (Lipinski definition) is 2. The van der Waals surface area contributed by atoms with Crippen LogP contribution in [0.4, 0.5) is 4.79 Å². The lowest BCUT2D eigenvalue weighted by Crippen LogP contribution is -2.46. The van der Waals surface area contributed by atoms with Crippen LogP contribution in [0.1, 0.15) is 60.8 Å². The number of carbonyl (C=O) groups excluding carboxylic acids is 1. The molecule has 0 aromatic heterocycles. The molecule has 2 unspecified atom stereocenters. The summed E-state index contributed by atoms with van der Waals surface area (Å²) >= 11 is 0. The van der Waals surface area contributed by atoms with E-state index < -0.39 is 5.60 Å². The number of hydrogen-bond acceptors (Lipinski definition) is 3. The number of allylic oxidation sites excluding steroid dienone is 1. The minimum atomic E-state index is -0.456. The number of ether oxygens (including phenoxy) is 1. The summed E-state index contributed by atoms with van der Waals surface area (Å²) in [5.41, 5.74) is -0.456. The first kappa shape index (κ1) is 20.0. The molecule has 0 aromatic rings. The summed E-state index contributed by atoms with van der Waals surface area (Å²) in [4.78, 5) is 11.7. The van der Waals surface area contributed by atoms with Gasteiger partial charge in [-0.25, -0.2) is 4.79 Å². The molecule has 124 valence electrons. The second-order valence-electron chi connectivity index (χ2n) is 7.14. The van der Waals surface area contributed by atoms with Crippen molar-refractivity contribution in [2.24, 2.45) is 5.92 Å². The van der Waals surface area contributed by atoms with Crippen molar-refractivity contribution in [2.75, 3.05) is 6.54 Å². The van der Waals surface area contributed by atoms with Gasteiger partial charge < -0.3 is 15.4 Å². The van der Waals surface area contributed by atoms with E-state index >= 15 is 0 Å². The third-order valence-electron chi connectivity index (χ3n) is 2.97. The first-order valence-corrected chi connectivity index (χ1v) is 7.97. The van der Waals surface area contributed by atoms with E-state index in [1.165, 1.54) is 0 Å². The van der Waals surface area contributed by atoms with E-state index in [4.69, 9.17) is 4.74 Å². The summed E-state index contributed by atoms with van der Waals surface area (Å²) in [6.45, 7) is 16.5. The highest BCUT2D eigenvalue weighted by atomic mass is 16.6. The zero-order valence-corrected chi connectivity index (χ0v) is 14.7. The summed E-state index contributed by atoms with van der Waals surface area (Å²) in [5, 5.41) is 6.45. The second kappa shape index (κ2) is 9.82. The van der Waals surface area contributed by atoms with Crippen LogP contribution in [-0.4, -0.2) is 30.3 Å². The third-order valence-corrected chi connectivity index (χ3v) is 2.97. The van der Waals surface area contributed by atoms with Gasteiger partial charge in [0.05, 0.1) is 0 Å². The van der Waals surface area contributed by atoms with E-state index in [0.717, 1.165) is 19.3 Å².